The van der Waals surface area contributed by atoms with Gasteiger partial charge in [-0.05, 0) is 104 Å². The number of thioether (sulfide) groups is 1. The van der Waals surface area contributed by atoms with E-state index in [1.165, 1.54) is 39.7 Å². The van der Waals surface area contributed by atoms with Crippen molar-refractivity contribution in [1.29, 1.82) is 0 Å². The first-order valence-corrected chi connectivity index (χ1v) is 18.5. The van der Waals surface area contributed by atoms with Gasteiger partial charge >= 0.3 is 0 Å². The summed E-state index contributed by atoms with van der Waals surface area (Å²) in [6.45, 7) is 2.49. The zero-order valence-electron chi connectivity index (χ0n) is 27.6. The number of amides is 1. The SMILES string of the molecule is COc1cc(/C=C2\SC(=Nc3cc4c5c(c3)[C@H](c3ccccc3)CCN5CC[C@@H]4c3ccccc3)NC2=O)cc(Br)c1OCc1ccccc1. The number of carbonyl (C=O) groups excluding carboxylic acids is 1. The van der Waals surface area contributed by atoms with Crippen molar-refractivity contribution in [2.24, 2.45) is 4.99 Å². The van der Waals surface area contributed by atoms with Crippen LogP contribution in [-0.2, 0) is 11.4 Å². The van der Waals surface area contributed by atoms with Gasteiger partial charge in [-0.15, -0.1) is 0 Å². The minimum atomic E-state index is -0.178. The number of hydrogen-bond acceptors (Lipinski definition) is 6. The summed E-state index contributed by atoms with van der Waals surface area (Å²) in [5.41, 5.74) is 9.37. The van der Waals surface area contributed by atoms with Crippen molar-refractivity contribution in [2.75, 3.05) is 25.1 Å². The Morgan fingerprint density at radius 1 is 0.860 bits per heavy atom. The van der Waals surface area contributed by atoms with Gasteiger partial charge in [-0.3, -0.25) is 4.79 Å². The Morgan fingerprint density at radius 2 is 1.46 bits per heavy atom. The molecular formula is C42H36BrN3O3S. The molecule has 5 aromatic rings. The van der Waals surface area contributed by atoms with Crippen molar-refractivity contribution >= 4 is 56.2 Å². The summed E-state index contributed by atoms with van der Waals surface area (Å²) < 4.78 is 12.5. The Hall–Kier alpha value is -4.79. The zero-order chi connectivity index (χ0) is 34.0. The van der Waals surface area contributed by atoms with Crippen LogP contribution in [0.4, 0.5) is 11.4 Å². The summed E-state index contributed by atoms with van der Waals surface area (Å²) in [5.74, 6) is 1.58. The second-order valence-electron chi connectivity index (χ2n) is 12.8. The number of halogens is 1. The first kappa shape index (κ1) is 32.4. The van der Waals surface area contributed by atoms with E-state index < -0.39 is 0 Å². The van der Waals surface area contributed by atoms with E-state index in [1.807, 2.05) is 48.5 Å². The summed E-state index contributed by atoms with van der Waals surface area (Å²) in [6.07, 6.45) is 3.97. The normalized spacial score (nSPS) is 19.7. The molecule has 5 aromatic carbocycles. The summed E-state index contributed by atoms with van der Waals surface area (Å²) in [5, 5.41) is 3.59. The maximum atomic E-state index is 13.3. The molecule has 1 N–H and O–H groups in total. The first-order valence-electron chi connectivity index (χ1n) is 16.9. The highest BCUT2D eigenvalue weighted by molar-refractivity contribution is 9.10. The monoisotopic (exact) mass is 741 g/mol. The molecule has 3 aliphatic heterocycles. The van der Waals surface area contributed by atoms with E-state index in [0.717, 1.165) is 47.2 Å². The van der Waals surface area contributed by atoms with Gasteiger partial charge in [0.15, 0.2) is 16.7 Å². The smallest absolute Gasteiger partial charge is 0.264 e. The van der Waals surface area contributed by atoms with Gasteiger partial charge < -0.3 is 19.7 Å². The number of methoxy groups -OCH3 is 1. The predicted octanol–water partition coefficient (Wildman–Crippen LogP) is 9.81. The molecule has 2 atom stereocenters. The largest absolute Gasteiger partial charge is 0.493 e. The fraction of sp³-hybridized carbons (Fsp3) is 0.190. The van der Waals surface area contributed by atoms with Crippen molar-refractivity contribution in [2.45, 2.75) is 31.3 Å². The molecule has 8 heteroatoms. The Labute approximate surface area is 305 Å². The number of nitrogens with zero attached hydrogens (tertiary/aromatic N) is 2. The van der Waals surface area contributed by atoms with Gasteiger partial charge in [-0.2, -0.15) is 0 Å². The van der Waals surface area contributed by atoms with Crippen LogP contribution in [0.2, 0.25) is 0 Å². The van der Waals surface area contributed by atoms with Gasteiger partial charge in [0.25, 0.3) is 5.91 Å². The lowest BCUT2D eigenvalue weighted by atomic mass is 9.76. The third kappa shape index (κ3) is 6.57. The van der Waals surface area contributed by atoms with Crippen LogP contribution in [0.15, 0.2) is 130 Å². The molecule has 0 spiro atoms. The molecule has 250 valence electrons. The molecule has 0 aromatic heterocycles. The van der Waals surface area contributed by atoms with Crippen LogP contribution in [0.1, 0.15) is 58.1 Å². The molecule has 0 saturated carbocycles. The summed E-state index contributed by atoms with van der Waals surface area (Å²) in [4.78, 5) is 21.5. The van der Waals surface area contributed by atoms with Crippen LogP contribution in [0.3, 0.4) is 0 Å². The zero-order valence-corrected chi connectivity index (χ0v) is 30.0. The number of amidine groups is 1. The van der Waals surface area contributed by atoms with Gasteiger partial charge in [-0.25, -0.2) is 4.99 Å². The lowest BCUT2D eigenvalue weighted by Gasteiger charge is -2.43. The standard InChI is InChI=1S/C42H36BrN3O3S/c1-48-37-22-28(21-36(43)40(37)49-26-27-11-5-2-6-12-27)23-38-41(47)45-42(50-38)44-31-24-34-32(29-13-7-3-8-14-29)17-19-46-20-18-33(35(25-31)39(34)46)30-15-9-4-10-16-30/h2-16,21-25,32-33H,17-20,26H2,1H3,(H,44,45,47)/b38-23-/t32-,33+. The fourth-order valence-corrected chi connectivity index (χ4v) is 8.76. The van der Waals surface area contributed by atoms with Crippen molar-refractivity contribution in [3.8, 4) is 11.5 Å². The minimum absolute atomic E-state index is 0.178. The van der Waals surface area contributed by atoms with Crippen molar-refractivity contribution in [3.63, 3.8) is 0 Å². The molecule has 8 rings (SSSR count). The Bertz CT molecular complexity index is 2030. The second-order valence-corrected chi connectivity index (χ2v) is 14.6. The number of carbonyl (C=O) groups is 1. The lowest BCUT2D eigenvalue weighted by molar-refractivity contribution is -0.115. The van der Waals surface area contributed by atoms with E-state index in [2.05, 4.69) is 98.9 Å². The predicted molar refractivity (Wildman–Crippen MR) is 207 cm³/mol. The molecule has 1 amide bonds. The van der Waals surface area contributed by atoms with Gasteiger partial charge in [0, 0.05) is 30.6 Å². The van der Waals surface area contributed by atoms with E-state index in [-0.39, 0.29) is 17.7 Å². The number of anilines is 1. The molecule has 6 nitrogen and oxygen atoms in total. The quantitative estimate of drug-likeness (QED) is 0.161. The first-order chi connectivity index (χ1) is 24.5. The Morgan fingerprint density at radius 3 is 2.06 bits per heavy atom. The summed E-state index contributed by atoms with van der Waals surface area (Å²) >= 11 is 5.01. The molecule has 50 heavy (non-hydrogen) atoms. The summed E-state index contributed by atoms with van der Waals surface area (Å²) in [7, 11) is 1.62. The van der Waals surface area contributed by atoms with E-state index in [1.54, 1.807) is 7.11 Å². The van der Waals surface area contributed by atoms with Gasteiger partial charge in [0.1, 0.15) is 6.61 Å². The van der Waals surface area contributed by atoms with Crippen LogP contribution in [0, 0.1) is 0 Å². The average molecular weight is 743 g/mol. The molecule has 0 aliphatic carbocycles. The van der Waals surface area contributed by atoms with E-state index in [4.69, 9.17) is 14.5 Å². The van der Waals surface area contributed by atoms with Crippen LogP contribution in [0.5, 0.6) is 11.5 Å². The van der Waals surface area contributed by atoms with Crippen LogP contribution >= 0.6 is 27.7 Å². The highest BCUT2D eigenvalue weighted by atomic mass is 79.9. The van der Waals surface area contributed by atoms with Crippen molar-refractivity contribution in [3.05, 3.63) is 158 Å². The van der Waals surface area contributed by atoms with Crippen molar-refractivity contribution in [1.82, 2.24) is 5.32 Å². The molecule has 0 bridgehead atoms. The molecule has 1 saturated heterocycles. The molecular weight excluding hydrogens is 706 g/mol. The van der Waals surface area contributed by atoms with Gasteiger partial charge in [-0.1, -0.05) is 91.0 Å². The van der Waals surface area contributed by atoms with E-state index in [9.17, 15) is 4.79 Å². The van der Waals surface area contributed by atoms with Crippen LogP contribution in [-0.4, -0.2) is 31.3 Å². The summed E-state index contributed by atoms with van der Waals surface area (Å²) in [6, 6.07) is 39.9. The average Bonchev–Trinajstić information content (AvgIpc) is 3.49. The molecule has 0 unspecified atom stereocenters. The molecule has 0 radical (unpaired) electrons. The number of hydrogen-bond donors (Lipinski definition) is 1. The Balaban J connectivity index is 1.12. The highest BCUT2D eigenvalue weighted by Gasteiger charge is 2.35. The van der Waals surface area contributed by atoms with Crippen molar-refractivity contribution < 1.29 is 14.3 Å². The lowest BCUT2D eigenvalue weighted by Crippen LogP contribution is -2.37. The van der Waals surface area contributed by atoms with E-state index in [0.29, 0.717) is 28.2 Å². The fourth-order valence-electron chi connectivity index (χ4n) is 7.35. The van der Waals surface area contributed by atoms with Gasteiger partial charge in [0.2, 0.25) is 0 Å². The van der Waals surface area contributed by atoms with Gasteiger partial charge in [0.05, 0.1) is 22.2 Å². The maximum absolute atomic E-state index is 13.3. The van der Waals surface area contributed by atoms with Crippen LogP contribution < -0.4 is 19.7 Å². The third-order valence-corrected chi connectivity index (χ3v) is 11.2. The number of nitrogens with one attached hydrogen (secondary N) is 1. The molecule has 3 aliphatic rings. The molecule has 1 fully saturated rings. The Kier molecular flexibility index (Phi) is 9.21. The topological polar surface area (TPSA) is 63.2 Å². The maximum Gasteiger partial charge on any atom is 0.264 e. The van der Waals surface area contributed by atoms with E-state index >= 15 is 0 Å². The number of ether oxygens (including phenoxy) is 2. The minimum Gasteiger partial charge on any atom is -0.493 e. The number of rotatable bonds is 8. The second kappa shape index (κ2) is 14.2. The van der Waals surface area contributed by atoms with Crippen LogP contribution in [0.25, 0.3) is 6.08 Å². The highest BCUT2D eigenvalue weighted by Crippen LogP contribution is 2.50. The molecule has 3 heterocycles. The number of benzene rings is 5. The number of aliphatic imine (C=N–C) groups is 1. The third-order valence-electron chi connectivity index (χ3n) is 9.66.